The van der Waals surface area contributed by atoms with Crippen molar-refractivity contribution in [3.63, 3.8) is 0 Å². The van der Waals surface area contributed by atoms with Gasteiger partial charge in [0.1, 0.15) is 0 Å². The van der Waals surface area contributed by atoms with E-state index < -0.39 is 9.84 Å². The van der Waals surface area contributed by atoms with Crippen LogP contribution in [0.2, 0.25) is 0 Å². The maximum Gasteiger partial charge on any atom is 0.335 e. The summed E-state index contributed by atoms with van der Waals surface area (Å²) in [4.78, 5) is 13.9. The molecule has 1 aromatic carbocycles. The zero-order valence-corrected chi connectivity index (χ0v) is 14.0. The number of aromatic nitrogens is 2. The predicted octanol–water partition coefficient (Wildman–Crippen LogP) is 1.88. The summed E-state index contributed by atoms with van der Waals surface area (Å²) in [5, 5.41) is 9.89. The number of piperidine rings is 1. The first-order valence-corrected chi connectivity index (χ1v) is 9.47. The van der Waals surface area contributed by atoms with Crippen LogP contribution in [0.15, 0.2) is 40.0 Å². The van der Waals surface area contributed by atoms with Crippen molar-refractivity contribution in [1.82, 2.24) is 15.1 Å². The molecule has 1 aromatic heterocycles. The van der Waals surface area contributed by atoms with Crippen LogP contribution in [-0.2, 0) is 9.84 Å². The predicted molar refractivity (Wildman–Crippen MR) is 86.4 cm³/mol. The van der Waals surface area contributed by atoms with Gasteiger partial charge in [0, 0.05) is 31.0 Å². The lowest BCUT2D eigenvalue weighted by atomic mass is 9.97. The van der Waals surface area contributed by atoms with Crippen molar-refractivity contribution >= 4 is 21.6 Å². The summed E-state index contributed by atoms with van der Waals surface area (Å²) in [6, 6.07) is 9.11. The van der Waals surface area contributed by atoms with E-state index in [1.807, 2.05) is 30.3 Å². The van der Waals surface area contributed by atoms with Crippen molar-refractivity contribution in [2.75, 3.05) is 24.7 Å². The first-order chi connectivity index (χ1) is 11.4. The van der Waals surface area contributed by atoms with Crippen molar-refractivity contribution in [2.24, 2.45) is 0 Å². The molecule has 1 N–H and O–H groups in total. The van der Waals surface area contributed by atoms with Gasteiger partial charge in [0.25, 0.3) is 0 Å². The lowest BCUT2D eigenvalue weighted by Gasteiger charge is -2.30. The maximum absolute atomic E-state index is 12.2. The molecule has 0 aliphatic carbocycles. The number of rotatable bonds is 3. The number of carbonyl (C=O) groups excluding carboxylic acids is 1. The lowest BCUT2D eigenvalue weighted by molar-refractivity contribution is 0.188. The van der Waals surface area contributed by atoms with Gasteiger partial charge in [-0.05, 0) is 25.0 Å². The number of carbonyl (C=O) groups is 1. The van der Waals surface area contributed by atoms with Crippen LogP contribution >= 0.6 is 0 Å². The van der Waals surface area contributed by atoms with Crippen LogP contribution in [-0.4, -0.2) is 48.9 Å². The van der Waals surface area contributed by atoms with Crippen LogP contribution in [0.1, 0.15) is 24.7 Å². The average molecular weight is 350 g/mol. The molecule has 128 valence electrons. The molecule has 0 bridgehead atoms. The minimum atomic E-state index is -3.49. The molecule has 0 atom stereocenters. The standard InChI is InChI=1S/C15H18N4O4S/c1-24(21,22)15-18-17-13(23-15)11-7-9-19(10-8-11)14(20)16-12-5-3-2-4-6-12/h2-6,11H,7-10H2,1H3,(H,16,20). The zero-order chi connectivity index (χ0) is 17.2. The van der Waals surface area contributed by atoms with Crippen LogP contribution in [0.4, 0.5) is 10.5 Å². The van der Waals surface area contributed by atoms with E-state index in [0.29, 0.717) is 31.8 Å². The molecule has 0 saturated carbocycles. The molecular weight excluding hydrogens is 332 g/mol. The van der Waals surface area contributed by atoms with Gasteiger partial charge >= 0.3 is 11.3 Å². The van der Waals surface area contributed by atoms with Crippen molar-refractivity contribution in [3.05, 3.63) is 36.2 Å². The third-order valence-corrected chi connectivity index (χ3v) is 4.70. The number of nitrogens with one attached hydrogen (secondary N) is 1. The van der Waals surface area contributed by atoms with Crippen LogP contribution in [0, 0.1) is 0 Å². The molecule has 1 fully saturated rings. The Hall–Kier alpha value is -2.42. The van der Waals surface area contributed by atoms with Crippen LogP contribution in [0.3, 0.4) is 0 Å². The first-order valence-electron chi connectivity index (χ1n) is 7.58. The summed E-state index contributed by atoms with van der Waals surface area (Å²) < 4.78 is 28.0. The van der Waals surface area contributed by atoms with Crippen LogP contribution in [0.5, 0.6) is 0 Å². The Morgan fingerprint density at radius 2 is 1.88 bits per heavy atom. The van der Waals surface area contributed by atoms with Crippen molar-refractivity contribution in [2.45, 2.75) is 24.0 Å². The molecule has 0 unspecified atom stereocenters. The number of urea groups is 1. The highest BCUT2D eigenvalue weighted by Gasteiger charge is 2.28. The molecule has 2 aromatic rings. The second kappa shape index (κ2) is 6.60. The van der Waals surface area contributed by atoms with Crippen LogP contribution in [0.25, 0.3) is 0 Å². The highest BCUT2D eigenvalue weighted by atomic mass is 32.2. The number of likely N-dealkylation sites (tertiary alicyclic amines) is 1. The fourth-order valence-electron chi connectivity index (χ4n) is 2.59. The molecule has 0 spiro atoms. The Kier molecular flexibility index (Phi) is 4.52. The third kappa shape index (κ3) is 3.73. The number of hydrogen-bond acceptors (Lipinski definition) is 6. The number of hydrogen-bond donors (Lipinski definition) is 1. The number of sulfone groups is 1. The minimum Gasteiger partial charge on any atom is -0.412 e. The molecule has 0 radical (unpaired) electrons. The number of nitrogens with zero attached hydrogens (tertiary/aromatic N) is 3. The molecule has 3 rings (SSSR count). The summed E-state index contributed by atoms with van der Waals surface area (Å²) >= 11 is 0. The summed E-state index contributed by atoms with van der Waals surface area (Å²) in [5.74, 6) is 0.285. The molecule has 1 saturated heterocycles. The van der Waals surface area contributed by atoms with Crippen molar-refractivity contribution in [1.29, 1.82) is 0 Å². The van der Waals surface area contributed by atoms with E-state index >= 15 is 0 Å². The fourth-order valence-corrected chi connectivity index (χ4v) is 3.01. The molecule has 1 aliphatic rings. The van der Waals surface area contributed by atoms with E-state index in [0.717, 1.165) is 11.9 Å². The Balaban J connectivity index is 1.57. The first kappa shape index (κ1) is 16.4. The Labute approximate surface area is 139 Å². The highest BCUT2D eigenvalue weighted by molar-refractivity contribution is 7.90. The third-order valence-electron chi connectivity index (χ3n) is 3.90. The summed E-state index contributed by atoms with van der Waals surface area (Å²) in [7, 11) is -3.49. The molecule has 2 amide bonds. The van der Waals surface area contributed by atoms with E-state index in [4.69, 9.17) is 4.42 Å². The van der Waals surface area contributed by atoms with Gasteiger partial charge in [-0.1, -0.05) is 23.3 Å². The van der Waals surface area contributed by atoms with E-state index in [-0.39, 0.29) is 17.2 Å². The Morgan fingerprint density at radius 3 is 2.46 bits per heavy atom. The summed E-state index contributed by atoms with van der Waals surface area (Å²) in [6.45, 7) is 1.08. The van der Waals surface area contributed by atoms with Gasteiger partial charge in [0.05, 0.1) is 0 Å². The van der Waals surface area contributed by atoms with E-state index in [1.54, 1.807) is 4.90 Å². The molecule has 9 heteroatoms. The van der Waals surface area contributed by atoms with Gasteiger partial charge in [-0.15, -0.1) is 5.10 Å². The summed E-state index contributed by atoms with van der Waals surface area (Å²) in [6.07, 6.45) is 2.32. The Bertz CT molecular complexity index is 811. The molecule has 8 nitrogen and oxygen atoms in total. The van der Waals surface area contributed by atoms with E-state index in [1.165, 1.54) is 0 Å². The van der Waals surface area contributed by atoms with Gasteiger partial charge in [-0.25, -0.2) is 13.2 Å². The number of amides is 2. The summed E-state index contributed by atoms with van der Waals surface area (Å²) in [5.41, 5.74) is 0.749. The lowest BCUT2D eigenvalue weighted by Crippen LogP contribution is -2.40. The largest absolute Gasteiger partial charge is 0.412 e. The fraction of sp³-hybridized carbons (Fsp3) is 0.400. The van der Waals surface area contributed by atoms with Gasteiger partial charge < -0.3 is 14.6 Å². The zero-order valence-electron chi connectivity index (χ0n) is 13.2. The van der Waals surface area contributed by atoms with Gasteiger partial charge in [-0.2, -0.15) is 0 Å². The van der Waals surface area contributed by atoms with E-state index in [2.05, 4.69) is 15.5 Å². The maximum atomic E-state index is 12.2. The van der Waals surface area contributed by atoms with Gasteiger partial charge in [0.2, 0.25) is 15.7 Å². The molecule has 2 heterocycles. The number of benzene rings is 1. The molecule has 1 aliphatic heterocycles. The quantitative estimate of drug-likeness (QED) is 0.906. The second-order valence-corrected chi connectivity index (χ2v) is 7.63. The molecule has 24 heavy (non-hydrogen) atoms. The number of para-hydroxylation sites is 1. The van der Waals surface area contributed by atoms with Crippen molar-refractivity contribution < 1.29 is 17.6 Å². The van der Waals surface area contributed by atoms with E-state index in [9.17, 15) is 13.2 Å². The minimum absolute atomic E-state index is 0.0335. The van der Waals surface area contributed by atoms with Crippen LogP contribution < -0.4 is 5.32 Å². The van der Waals surface area contributed by atoms with Gasteiger partial charge in [0.15, 0.2) is 0 Å². The normalized spacial score (nSPS) is 16.1. The highest BCUT2D eigenvalue weighted by Crippen LogP contribution is 2.28. The topological polar surface area (TPSA) is 105 Å². The average Bonchev–Trinajstić information content (AvgIpc) is 3.06. The SMILES string of the molecule is CS(=O)(=O)c1nnc(C2CCN(C(=O)Nc3ccccc3)CC2)o1. The Morgan fingerprint density at radius 1 is 1.21 bits per heavy atom. The monoisotopic (exact) mass is 350 g/mol. The van der Waals surface area contributed by atoms with Crippen molar-refractivity contribution in [3.8, 4) is 0 Å². The van der Waals surface area contributed by atoms with Gasteiger partial charge in [-0.3, -0.25) is 0 Å². The second-order valence-electron chi connectivity index (χ2n) is 5.74. The smallest absolute Gasteiger partial charge is 0.335 e. The number of anilines is 1. The molecular formula is C15H18N4O4S.